The minimum Gasteiger partial charge on any atom is -0.485 e. The summed E-state index contributed by atoms with van der Waals surface area (Å²) >= 11 is 23.5. The quantitative estimate of drug-likeness (QED) is 0.320. The average molecular weight is 488 g/mol. The molecule has 0 fully saturated rings. The normalized spacial score (nSPS) is 10.4. The minimum atomic E-state index is -0.362. The summed E-state index contributed by atoms with van der Waals surface area (Å²) in [5.41, 5.74) is 0.863. The van der Waals surface area contributed by atoms with Crippen LogP contribution in [0.15, 0.2) is 71.2 Å². The standard InChI is InChI=1S/C22H15Cl4FO3/c23-15-10-19(24)22(20(11-15)28-9-8-21(25)26)29-13-14-4-6-17(7-5-14)30-18-3-1-2-16(27)12-18/h1-8,10-12H,9,13H2. The molecule has 0 aliphatic carbocycles. The van der Waals surface area contributed by atoms with E-state index in [0.717, 1.165) is 5.56 Å². The highest BCUT2D eigenvalue weighted by Crippen LogP contribution is 2.39. The second-order valence-corrected chi connectivity index (χ2v) is 7.86. The first-order valence-corrected chi connectivity index (χ1v) is 10.2. The maximum Gasteiger partial charge on any atom is 0.180 e. The summed E-state index contributed by atoms with van der Waals surface area (Å²) in [6.07, 6.45) is 1.49. The highest BCUT2D eigenvalue weighted by atomic mass is 35.5. The lowest BCUT2D eigenvalue weighted by atomic mass is 10.2. The van der Waals surface area contributed by atoms with Gasteiger partial charge in [0.2, 0.25) is 0 Å². The Morgan fingerprint density at radius 3 is 2.37 bits per heavy atom. The highest BCUT2D eigenvalue weighted by molar-refractivity contribution is 6.55. The molecule has 0 aliphatic rings. The van der Waals surface area contributed by atoms with Crippen LogP contribution in [0, 0.1) is 5.82 Å². The fraction of sp³-hybridized carbons (Fsp3) is 0.0909. The molecule has 0 unspecified atom stereocenters. The molecule has 0 saturated carbocycles. The zero-order valence-corrected chi connectivity index (χ0v) is 18.4. The molecule has 0 heterocycles. The molecule has 0 N–H and O–H groups in total. The molecule has 0 atom stereocenters. The van der Waals surface area contributed by atoms with Gasteiger partial charge in [-0.05, 0) is 42.0 Å². The van der Waals surface area contributed by atoms with Crippen molar-refractivity contribution < 1.29 is 18.6 Å². The molecule has 0 aromatic heterocycles. The van der Waals surface area contributed by atoms with E-state index in [9.17, 15) is 4.39 Å². The van der Waals surface area contributed by atoms with Crippen molar-refractivity contribution in [2.45, 2.75) is 6.61 Å². The molecule has 30 heavy (non-hydrogen) atoms. The summed E-state index contributed by atoms with van der Waals surface area (Å²) < 4.78 is 30.4. The summed E-state index contributed by atoms with van der Waals surface area (Å²) in [5, 5.41) is 0.714. The summed E-state index contributed by atoms with van der Waals surface area (Å²) in [6, 6.07) is 16.3. The van der Waals surface area contributed by atoms with Crippen LogP contribution in [0.3, 0.4) is 0 Å². The number of benzene rings is 3. The molecular weight excluding hydrogens is 473 g/mol. The molecule has 3 rings (SSSR count). The molecule has 156 valence electrons. The van der Waals surface area contributed by atoms with Crippen molar-refractivity contribution in [2.24, 2.45) is 0 Å². The molecule has 3 aromatic carbocycles. The topological polar surface area (TPSA) is 27.7 Å². The van der Waals surface area contributed by atoms with Crippen LogP contribution in [0.25, 0.3) is 0 Å². The third-order valence-corrected chi connectivity index (χ3v) is 4.60. The van der Waals surface area contributed by atoms with E-state index >= 15 is 0 Å². The second kappa shape index (κ2) is 10.8. The van der Waals surface area contributed by atoms with Crippen LogP contribution in [0.5, 0.6) is 23.0 Å². The molecule has 0 radical (unpaired) electrons. The fourth-order valence-electron chi connectivity index (χ4n) is 2.45. The average Bonchev–Trinajstić information content (AvgIpc) is 2.68. The summed E-state index contributed by atoms with van der Waals surface area (Å²) in [5.74, 6) is 1.34. The number of halogens is 5. The van der Waals surface area contributed by atoms with Crippen molar-refractivity contribution in [3.63, 3.8) is 0 Å². The van der Waals surface area contributed by atoms with Gasteiger partial charge in [0.05, 0.1) is 5.02 Å². The number of rotatable bonds is 8. The van der Waals surface area contributed by atoms with Crippen LogP contribution in [-0.4, -0.2) is 6.61 Å². The first kappa shape index (κ1) is 22.6. The van der Waals surface area contributed by atoms with Gasteiger partial charge >= 0.3 is 0 Å². The van der Waals surface area contributed by atoms with Crippen LogP contribution in [0.4, 0.5) is 4.39 Å². The first-order valence-electron chi connectivity index (χ1n) is 8.69. The summed E-state index contributed by atoms with van der Waals surface area (Å²) in [4.78, 5) is 0. The summed E-state index contributed by atoms with van der Waals surface area (Å²) in [6.45, 7) is 0.353. The van der Waals surface area contributed by atoms with Gasteiger partial charge in [0.25, 0.3) is 0 Å². The molecular formula is C22H15Cl4FO3. The Balaban J connectivity index is 1.67. The van der Waals surface area contributed by atoms with Gasteiger partial charge in [-0.25, -0.2) is 4.39 Å². The number of hydrogen-bond donors (Lipinski definition) is 0. The predicted octanol–water partition coefficient (Wildman–Crippen LogP) is 8.20. The van der Waals surface area contributed by atoms with Gasteiger partial charge in [0.15, 0.2) is 11.5 Å². The molecule has 8 heteroatoms. The van der Waals surface area contributed by atoms with Gasteiger partial charge in [-0.3, -0.25) is 0 Å². The number of hydrogen-bond acceptors (Lipinski definition) is 3. The third-order valence-electron chi connectivity index (χ3n) is 3.79. The first-order chi connectivity index (χ1) is 14.4. The lowest BCUT2D eigenvalue weighted by molar-refractivity contribution is 0.275. The minimum absolute atomic E-state index is 0.0890. The van der Waals surface area contributed by atoms with Crippen molar-refractivity contribution in [2.75, 3.05) is 6.61 Å². The summed E-state index contributed by atoms with van der Waals surface area (Å²) in [7, 11) is 0. The molecule has 3 aromatic rings. The SMILES string of the molecule is Fc1cccc(Oc2ccc(COc3c(Cl)cc(Cl)cc3OCC=C(Cl)Cl)cc2)c1. The van der Waals surface area contributed by atoms with Gasteiger partial charge in [-0.2, -0.15) is 0 Å². The molecule has 0 amide bonds. The Morgan fingerprint density at radius 2 is 1.67 bits per heavy atom. The highest BCUT2D eigenvalue weighted by Gasteiger charge is 2.13. The van der Waals surface area contributed by atoms with E-state index in [1.54, 1.807) is 36.4 Å². The molecule has 0 aliphatic heterocycles. The predicted molar refractivity (Wildman–Crippen MR) is 119 cm³/mol. The van der Waals surface area contributed by atoms with Gasteiger partial charge < -0.3 is 14.2 Å². The third kappa shape index (κ3) is 6.71. The Labute approximate surface area is 193 Å². The van der Waals surface area contributed by atoms with Crippen molar-refractivity contribution in [1.29, 1.82) is 0 Å². The smallest absolute Gasteiger partial charge is 0.180 e. The second-order valence-electron chi connectivity index (χ2n) is 6.01. The van der Waals surface area contributed by atoms with Crippen LogP contribution < -0.4 is 14.2 Å². The molecule has 3 nitrogen and oxygen atoms in total. The van der Waals surface area contributed by atoms with Crippen LogP contribution in [0.1, 0.15) is 5.56 Å². The van der Waals surface area contributed by atoms with Crippen LogP contribution in [0.2, 0.25) is 10.0 Å². The van der Waals surface area contributed by atoms with E-state index in [1.807, 2.05) is 12.1 Å². The van der Waals surface area contributed by atoms with Gasteiger partial charge in [-0.1, -0.05) is 64.6 Å². The molecule has 0 bridgehead atoms. The van der Waals surface area contributed by atoms with E-state index in [-0.39, 0.29) is 23.5 Å². The van der Waals surface area contributed by atoms with E-state index in [0.29, 0.717) is 33.0 Å². The Hall–Kier alpha value is -2.11. The van der Waals surface area contributed by atoms with Crippen molar-refractivity contribution in [1.82, 2.24) is 0 Å². The Morgan fingerprint density at radius 1 is 0.900 bits per heavy atom. The maximum absolute atomic E-state index is 13.3. The van der Waals surface area contributed by atoms with Gasteiger partial charge in [0, 0.05) is 17.2 Å². The van der Waals surface area contributed by atoms with E-state index in [4.69, 9.17) is 60.6 Å². The monoisotopic (exact) mass is 486 g/mol. The zero-order chi connectivity index (χ0) is 21.5. The lowest BCUT2D eigenvalue weighted by Crippen LogP contribution is -2.01. The number of ether oxygens (including phenoxy) is 3. The van der Waals surface area contributed by atoms with E-state index in [1.165, 1.54) is 18.2 Å². The van der Waals surface area contributed by atoms with Crippen LogP contribution in [-0.2, 0) is 6.61 Å². The Kier molecular flexibility index (Phi) is 8.11. The fourth-order valence-corrected chi connectivity index (χ4v) is 3.11. The van der Waals surface area contributed by atoms with Crippen molar-refractivity contribution >= 4 is 46.4 Å². The lowest BCUT2D eigenvalue weighted by Gasteiger charge is -2.14. The van der Waals surface area contributed by atoms with Crippen molar-refractivity contribution in [3.8, 4) is 23.0 Å². The van der Waals surface area contributed by atoms with Crippen molar-refractivity contribution in [3.05, 3.63) is 92.7 Å². The van der Waals surface area contributed by atoms with Gasteiger partial charge in [-0.15, -0.1) is 0 Å². The molecule has 0 saturated heterocycles. The zero-order valence-electron chi connectivity index (χ0n) is 15.4. The van der Waals surface area contributed by atoms with Gasteiger partial charge in [0.1, 0.15) is 35.0 Å². The van der Waals surface area contributed by atoms with E-state index < -0.39 is 0 Å². The maximum atomic E-state index is 13.3. The molecule has 0 spiro atoms. The van der Waals surface area contributed by atoms with E-state index in [2.05, 4.69) is 0 Å². The Bertz CT molecular complexity index is 1040. The largest absolute Gasteiger partial charge is 0.485 e. The van der Waals surface area contributed by atoms with Crippen LogP contribution >= 0.6 is 46.4 Å².